The summed E-state index contributed by atoms with van der Waals surface area (Å²) >= 11 is 0. The number of carbonyl (C=O) groups excluding carboxylic acids is 2. The minimum Gasteiger partial charge on any atom is -0.350 e. The predicted molar refractivity (Wildman–Crippen MR) is 99.6 cm³/mol. The van der Waals surface area contributed by atoms with Crippen molar-refractivity contribution in [1.29, 1.82) is 0 Å². The summed E-state index contributed by atoms with van der Waals surface area (Å²) in [4.78, 5) is 23.9. The summed E-state index contributed by atoms with van der Waals surface area (Å²) in [6.07, 6.45) is 0. The monoisotopic (exact) mass is 357 g/mol. The van der Waals surface area contributed by atoms with Crippen LogP contribution >= 0.6 is 0 Å². The Morgan fingerprint density at radius 1 is 1.00 bits per heavy atom. The largest absolute Gasteiger partial charge is 0.350 e. The number of hydrogen-bond acceptors (Lipinski definition) is 2. The van der Waals surface area contributed by atoms with E-state index in [9.17, 15) is 14.0 Å². The van der Waals surface area contributed by atoms with Gasteiger partial charge < -0.3 is 16.0 Å². The van der Waals surface area contributed by atoms with Crippen LogP contribution in [0.3, 0.4) is 0 Å². The Morgan fingerprint density at radius 3 is 2.38 bits per heavy atom. The first-order chi connectivity index (χ1) is 12.4. The molecule has 3 amide bonds. The van der Waals surface area contributed by atoms with Crippen LogP contribution in [-0.2, 0) is 0 Å². The smallest absolute Gasteiger partial charge is 0.315 e. The van der Waals surface area contributed by atoms with Crippen LogP contribution in [0.1, 0.15) is 40.0 Å². The quantitative estimate of drug-likeness (QED) is 0.695. The maximum atomic E-state index is 13.5. The van der Waals surface area contributed by atoms with Crippen molar-refractivity contribution in [2.75, 3.05) is 13.1 Å². The molecule has 138 valence electrons. The van der Waals surface area contributed by atoms with Crippen LogP contribution in [0, 0.1) is 19.7 Å². The lowest BCUT2D eigenvalue weighted by Gasteiger charge is -2.17. The molecule has 2 rings (SSSR count). The molecular weight excluding hydrogens is 333 g/mol. The van der Waals surface area contributed by atoms with Gasteiger partial charge in [-0.15, -0.1) is 0 Å². The minimum absolute atomic E-state index is 0.124. The maximum absolute atomic E-state index is 13.5. The van der Waals surface area contributed by atoms with Gasteiger partial charge in [-0.05, 0) is 49.6 Å². The van der Waals surface area contributed by atoms with Crippen LogP contribution in [0.4, 0.5) is 9.18 Å². The number of hydrogen-bond donors (Lipinski definition) is 3. The molecule has 26 heavy (non-hydrogen) atoms. The summed E-state index contributed by atoms with van der Waals surface area (Å²) in [6.45, 7) is 6.06. The van der Waals surface area contributed by atoms with Crippen LogP contribution in [-0.4, -0.2) is 25.0 Å². The molecule has 0 aliphatic heterocycles. The van der Waals surface area contributed by atoms with Gasteiger partial charge in [0.1, 0.15) is 5.82 Å². The van der Waals surface area contributed by atoms with Crippen LogP contribution in [0.25, 0.3) is 0 Å². The zero-order chi connectivity index (χ0) is 19.1. The second-order valence-corrected chi connectivity index (χ2v) is 6.20. The molecule has 0 aliphatic rings. The van der Waals surface area contributed by atoms with Crippen molar-refractivity contribution in [2.24, 2.45) is 0 Å². The van der Waals surface area contributed by atoms with Crippen molar-refractivity contribution in [3.05, 3.63) is 70.5 Å². The number of urea groups is 1. The van der Waals surface area contributed by atoms with Gasteiger partial charge in [-0.1, -0.05) is 30.3 Å². The van der Waals surface area contributed by atoms with E-state index in [0.29, 0.717) is 5.56 Å². The van der Waals surface area contributed by atoms with Crippen molar-refractivity contribution in [1.82, 2.24) is 16.0 Å². The Kier molecular flexibility index (Phi) is 6.72. The van der Waals surface area contributed by atoms with E-state index in [1.165, 1.54) is 6.07 Å². The van der Waals surface area contributed by atoms with Crippen molar-refractivity contribution in [2.45, 2.75) is 26.8 Å². The highest BCUT2D eigenvalue weighted by molar-refractivity contribution is 5.94. The number of nitrogens with one attached hydrogen (secondary N) is 3. The van der Waals surface area contributed by atoms with Crippen molar-refractivity contribution >= 4 is 11.9 Å². The third-order valence-corrected chi connectivity index (χ3v) is 4.13. The van der Waals surface area contributed by atoms with Crippen LogP contribution < -0.4 is 16.0 Å². The lowest BCUT2D eigenvalue weighted by molar-refractivity contribution is 0.0953. The highest BCUT2D eigenvalue weighted by Crippen LogP contribution is 2.16. The lowest BCUT2D eigenvalue weighted by atomic mass is 10.0. The number of amides is 3. The zero-order valence-corrected chi connectivity index (χ0v) is 15.2. The summed E-state index contributed by atoms with van der Waals surface area (Å²) < 4.78 is 13.5. The first kappa shape index (κ1) is 19.4. The maximum Gasteiger partial charge on any atom is 0.315 e. The van der Waals surface area contributed by atoms with E-state index in [1.54, 1.807) is 19.1 Å². The van der Waals surface area contributed by atoms with Crippen molar-refractivity contribution in [3.8, 4) is 0 Å². The highest BCUT2D eigenvalue weighted by atomic mass is 19.1. The molecule has 3 N–H and O–H groups in total. The SMILES string of the molecule is Cc1ccc(C(=O)NCCNC(=O)NC(C)c2ccccc2C)cc1F. The molecule has 0 aliphatic carbocycles. The Bertz CT molecular complexity index is 792. The standard InChI is InChI=1S/C20H24FN3O2/c1-13-6-4-5-7-17(13)15(3)24-20(26)23-11-10-22-19(25)16-9-8-14(2)18(21)12-16/h4-9,12,15H,10-11H2,1-3H3,(H,22,25)(H2,23,24,26). The fraction of sp³-hybridized carbons (Fsp3) is 0.300. The van der Waals surface area contributed by atoms with Gasteiger partial charge in [-0.3, -0.25) is 4.79 Å². The average molecular weight is 357 g/mol. The number of aryl methyl sites for hydroxylation is 2. The molecular formula is C20H24FN3O2. The van der Waals surface area contributed by atoms with E-state index in [1.807, 2.05) is 38.1 Å². The topological polar surface area (TPSA) is 70.2 Å². The van der Waals surface area contributed by atoms with Crippen LogP contribution in [0.2, 0.25) is 0 Å². The number of benzene rings is 2. The van der Waals surface area contributed by atoms with E-state index in [4.69, 9.17) is 0 Å². The first-order valence-corrected chi connectivity index (χ1v) is 8.52. The third-order valence-electron chi connectivity index (χ3n) is 4.13. The summed E-state index contributed by atoms with van der Waals surface area (Å²) in [7, 11) is 0. The molecule has 5 nitrogen and oxygen atoms in total. The molecule has 0 spiro atoms. The van der Waals surface area contributed by atoms with Gasteiger partial charge >= 0.3 is 6.03 Å². The fourth-order valence-electron chi connectivity index (χ4n) is 2.59. The van der Waals surface area contributed by atoms with E-state index in [2.05, 4.69) is 16.0 Å². The molecule has 0 heterocycles. The molecule has 1 atom stereocenters. The van der Waals surface area contributed by atoms with Crippen molar-refractivity contribution in [3.63, 3.8) is 0 Å². The number of rotatable bonds is 6. The lowest BCUT2D eigenvalue weighted by Crippen LogP contribution is -2.41. The number of halogens is 1. The molecule has 1 unspecified atom stereocenters. The van der Waals surface area contributed by atoms with Gasteiger partial charge in [0, 0.05) is 18.7 Å². The molecule has 0 fully saturated rings. The molecule has 0 saturated heterocycles. The molecule has 0 radical (unpaired) electrons. The Labute approximate surface area is 153 Å². The highest BCUT2D eigenvalue weighted by Gasteiger charge is 2.11. The zero-order valence-electron chi connectivity index (χ0n) is 15.2. The van der Waals surface area contributed by atoms with E-state index >= 15 is 0 Å². The number of carbonyl (C=O) groups is 2. The Hall–Kier alpha value is -2.89. The van der Waals surface area contributed by atoms with E-state index in [-0.39, 0.29) is 36.6 Å². The summed E-state index contributed by atoms with van der Waals surface area (Å²) in [5.41, 5.74) is 2.91. The molecule has 0 aromatic heterocycles. The Morgan fingerprint density at radius 2 is 1.69 bits per heavy atom. The van der Waals surface area contributed by atoms with Crippen LogP contribution in [0.5, 0.6) is 0 Å². The molecule has 2 aromatic rings. The van der Waals surface area contributed by atoms with Gasteiger partial charge in [0.05, 0.1) is 6.04 Å². The first-order valence-electron chi connectivity index (χ1n) is 8.52. The fourth-order valence-corrected chi connectivity index (χ4v) is 2.59. The molecule has 0 saturated carbocycles. The van der Waals surface area contributed by atoms with Gasteiger partial charge in [-0.25, -0.2) is 9.18 Å². The van der Waals surface area contributed by atoms with Crippen LogP contribution in [0.15, 0.2) is 42.5 Å². The normalized spacial score (nSPS) is 11.5. The second-order valence-electron chi connectivity index (χ2n) is 6.20. The molecule has 6 heteroatoms. The van der Waals surface area contributed by atoms with Gasteiger partial charge in [0.25, 0.3) is 5.91 Å². The van der Waals surface area contributed by atoms with Crippen molar-refractivity contribution < 1.29 is 14.0 Å². The Balaban J connectivity index is 1.73. The average Bonchev–Trinajstić information content (AvgIpc) is 2.61. The third kappa shape index (κ3) is 5.31. The predicted octanol–water partition coefficient (Wildman–Crippen LogP) is 3.23. The van der Waals surface area contributed by atoms with Gasteiger partial charge in [-0.2, -0.15) is 0 Å². The molecule has 2 aromatic carbocycles. The summed E-state index contributed by atoms with van der Waals surface area (Å²) in [5, 5.41) is 8.20. The van der Waals surface area contributed by atoms with Gasteiger partial charge in [0.15, 0.2) is 0 Å². The van der Waals surface area contributed by atoms with E-state index in [0.717, 1.165) is 11.1 Å². The summed E-state index contributed by atoms with van der Waals surface area (Å²) in [5.74, 6) is -0.792. The van der Waals surface area contributed by atoms with Gasteiger partial charge in [0.2, 0.25) is 0 Å². The minimum atomic E-state index is -0.416. The second kappa shape index (κ2) is 8.99. The molecule has 0 bridgehead atoms. The van der Waals surface area contributed by atoms with E-state index < -0.39 is 5.82 Å². The summed E-state index contributed by atoms with van der Waals surface area (Å²) in [6, 6.07) is 11.7.